The summed E-state index contributed by atoms with van der Waals surface area (Å²) >= 11 is 0. The van der Waals surface area contributed by atoms with E-state index in [1.165, 1.54) is 25.7 Å². The lowest BCUT2D eigenvalue weighted by Gasteiger charge is -2.44. The van der Waals surface area contributed by atoms with Gasteiger partial charge in [0.1, 0.15) is 0 Å². The van der Waals surface area contributed by atoms with Gasteiger partial charge in [-0.1, -0.05) is 19.8 Å². The van der Waals surface area contributed by atoms with Crippen molar-refractivity contribution in [3.63, 3.8) is 0 Å². The highest BCUT2D eigenvalue weighted by Gasteiger charge is 3.18. The van der Waals surface area contributed by atoms with Gasteiger partial charge in [0.2, 0.25) is 5.67 Å². The Morgan fingerprint density at radius 2 is 0.859 bits per heavy atom. The lowest BCUT2D eigenvalue weighted by molar-refractivity contribution is -0.372. The summed E-state index contributed by atoms with van der Waals surface area (Å²) in [6.45, 7) is 2.93. The minimum atomic E-state index is -7.01. The number of methoxy groups -OCH3 is 1. The van der Waals surface area contributed by atoms with Crippen LogP contribution in [0.2, 0.25) is 0 Å². The maximum Gasteiger partial charge on any atom is 0.359 e. The Kier molecular flexibility index (Phi) is 14.0. The first-order valence-corrected chi connectivity index (χ1v) is 18.9. The molecule has 0 amide bonds. The van der Waals surface area contributed by atoms with Crippen molar-refractivity contribution in [1.82, 2.24) is 0 Å². The van der Waals surface area contributed by atoms with Gasteiger partial charge < -0.3 is 14.9 Å². The number of carbonyl (C=O) groups is 2. The summed E-state index contributed by atoms with van der Waals surface area (Å²) in [4.78, 5) is 19.7. The summed E-state index contributed by atoms with van der Waals surface area (Å²) < 4.78 is 306. The highest BCUT2D eigenvalue weighted by molar-refractivity contribution is 5.87. The van der Waals surface area contributed by atoms with Gasteiger partial charge in [0, 0.05) is 20.6 Å². The lowest BCUT2D eigenvalue weighted by atomic mass is 9.75. The smallest absolute Gasteiger partial charge is 0.359 e. The number of hydrogen-bond acceptors (Lipinski definition) is 5. The summed E-state index contributed by atoms with van der Waals surface area (Å²) in [5.41, 5.74) is -38.8. The maximum atomic E-state index is 14.0. The van der Waals surface area contributed by atoms with Crippen molar-refractivity contribution in [2.24, 2.45) is 35.5 Å². The summed E-state index contributed by atoms with van der Waals surface area (Å²) in [5, 5.41) is 15.9. The number of alkyl halides is 22. The summed E-state index contributed by atoms with van der Waals surface area (Å²) in [6, 6.07) is -1.33. The Balaban J connectivity index is 0.000000231. The first-order chi connectivity index (χ1) is 28.5. The standard InChI is InChI=1S/C9H3F11O2.C8H3F11.C8H14O.C8H14.C2H3FO.CH4O/c1-22-2(21)3(10)4(11)7(15,16)5(12,6(3,13)14)9(19,20)8(4,17)18;1-2(9)3(10)6(14,15)4(11,5(2,12)13)8(18,19)7(3,16)17;9-5-8-4-6-1-2-7(8)3-6;1-6-4-7-2-3-8(6)5-7;1-2(3)4;1-2/h1H3;1H3;6-9H,1-5H2;6-8H,2-5H2,1H3;1H3;2H,1H3. The van der Waals surface area contributed by atoms with Crippen molar-refractivity contribution >= 4 is 12.0 Å². The van der Waals surface area contributed by atoms with Crippen molar-refractivity contribution in [3.05, 3.63) is 0 Å². The average Bonchev–Trinajstić information content (AvgIpc) is 4.04. The molecule has 8 rings (SSSR count). The van der Waals surface area contributed by atoms with Crippen LogP contribution in [0.3, 0.4) is 0 Å². The largest absolute Gasteiger partial charge is 0.466 e. The molecule has 28 heteroatoms. The fraction of sp³-hybridized carbons (Fsp3) is 0.944. The van der Waals surface area contributed by atoms with Gasteiger partial charge in [0.05, 0.1) is 7.11 Å². The molecule has 0 aromatic heterocycles. The number of esters is 1. The Morgan fingerprint density at radius 3 is 1.09 bits per heavy atom. The van der Waals surface area contributed by atoms with Crippen LogP contribution in [0.4, 0.5) is 101 Å². The molecule has 5 nitrogen and oxygen atoms in total. The quantitative estimate of drug-likeness (QED) is 0.164. The highest BCUT2D eigenvalue weighted by atomic mass is 19.4. The van der Waals surface area contributed by atoms with E-state index in [1.54, 1.807) is 25.7 Å². The number of halogens is 23. The minimum absolute atomic E-state index is 0.00553. The van der Waals surface area contributed by atoms with Gasteiger partial charge in [-0.2, -0.15) is 74.6 Å². The molecule has 64 heavy (non-hydrogen) atoms. The summed E-state index contributed by atoms with van der Waals surface area (Å²) in [7, 11) is 0.994. The van der Waals surface area contributed by atoms with Gasteiger partial charge in [-0.3, -0.25) is 4.79 Å². The Morgan fingerprint density at radius 1 is 0.516 bits per heavy atom. The van der Waals surface area contributed by atoms with Crippen molar-refractivity contribution in [3.8, 4) is 0 Å². The van der Waals surface area contributed by atoms with Crippen molar-refractivity contribution in [2.45, 2.75) is 154 Å². The van der Waals surface area contributed by atoms with Crippen LogP contribution in [-0.4, -0.2) is 124 Å². The number of aliphatic hydroxyl groups excluding tert-OH is 2. The number of fused-ring (bicyclic) bond motifs is 8. The first-order valence-electron chi connectivity index (χ1n) is 18.9. The monoisotopic (exact) mass is 990 g/mol. The van der Waals surface area contributed by atoms with E-state index in [2.05, 4.69) is 11.7 Å². The number of hydrogen-bond donors (Lipinski definition) is 2. The van der Waals surface area contributed by atoms with E-state index in [9.17, 15) is 106 Å². The van der Waals surface area contributed by atoms with E-state index >= 15 is 0 Å². The molecule has 0 aromatic rings. The summed E-state index contributed by atoms with van der Waals surface area (Å²) in [5.74, 6) is -51.6. The molecule has 8 aliphatic rings. The van der Waals surface area contributed by atoms with Crippen LogP contribution < -0.4 is 0 Å². The third kappa shape index (κ3) is 5.91. The molecule has 0 spiro atoms. The summed E-state index contributed by atoms with van der Waals surface area (Å²) in [6.07, 6.45) is 11.8. The van der Waals surface area contributed by atoms with Gasteiger partial charge in [-0.15, -0.1) is 0 Å². The zero-order valence-electron chi connectivity index (χ0n) is 33.6. The zero-order valence-corrected chi connectivity index (χ0v) is 33.6. The van der Waals surface area contributed by atoms with Crippen molar-refractivity contribution < 1.29 is 126 Å². The third-order valence-electron chi connectivity index (χ3n) is 13.9. The molecule has 0 aromatic carbocycles. The van der Waals surface area contributed by atoms with Crippen LogP contribution in [0.15, 0.2) is 0 Å². The van der Waals surface area contributed by atoms with Crippen LogP contribution in [-0.2, 0) is 14.3 Å². The molecule has 0 aliphatic heterocycles. The molecule has 8 saturated carbocycles. The molecule has 12 unspecified atom stereocenters. The predicted octanol–water partition coefficient (Wildman–Crippen LogP) is 10.5. The minimum Gasteiger partial charge on any atom is -0.466 e. The second-order valence-electron chi connectivity index (χ2n) is 17.1. The Hall–Kier alpha value is -2.55. The second kappa shape index (κ2) is 16.0. The molecule has 8 fully saturated rings. The van der Waals surface area contributed by atoms with Crippen LogP contribution in [0.1, 0.15) is 72.1 Å². The molecule has 376 valence electrons. The van der Waals surface area contributed by atoms with Gasteiger partial charge in [0.25, 0.3) is 17.4 Å². The number of rotatable bonds is 2. The average molecular weight is 991 g/mol. The number of ether oxygens (including phenoxy) is 1. The Labute approximate surface area is 347 Å². The molecule has 8 aliphatic carbocycles. The molecule has 0 saturated heterocycles. The molecule has 2 N–H and O–H groups in total. The van der Waals surface area contributed by atoms with Gasteiger partial charge in [0.15, 0.2) is 0 Å². The number of aliphatic hydroxyl groups is 2. The van der Waals surface area contributed by atoms with E-state index in [0.717, 1.165) is 43.6 Å². The highest BCUT2D eigenvalue weighted by Crippen LogP contribution is 2.84. The van der Waals surface area contributed by atoms with Gasteiger partial charge in [-0.05, 0) is 81.0 Å². The van der Waals surface area contributed by atoms with E-state index in [0.29, 0.717) is 12.5 Å². The fourth-order valence-corrected chi connectivity index (χ4v) is 10.5. The normalized spacial score (nSPS) is 45.5. The van der Waals surface area contributed by atoms with E-state index < -0.39 is 100 Å². The third-order valence-corrected chi connectivity index (χ3v) is 13.9. The predicted molar refractivity (Wildman–Crippen MR) is 171 cm³/mol. The molecular weight excluding hydrogens is 949 g/mol. The topological polar surface area (TPSA) is 83.8 Å². The van der Waals surface area contributed by atoms with Crippen LogP contribution >= 0.6 is 0 Å². The second-order valence-corrected chi connectivity index (χ2v) is 17.1. The van der Waals surface area contributed by atoms with E-state index in [1.807, 2.05) is 0 Å². The SMILES string of the molecule is CC(=O)F.CC1(F)C(F)(F)C2(F)C(F)(F)C(F)(F)C1(F)C2(F)F.CC1CC2CCC1C2.CO.COC(=O)C1(F)C(F)(F)C2(F)C(F)(F)C(F)(F)C1(F)C2(F)F.OCC1CC2CCC1C2. The Bertz CT molecular complexity index is 1680. The fourth-order valence-electron chi connectivity index (χ4n) is 10.5. The van der Waals surface area contributed by atoms with E-state index in [4.69, 9.17) is 15.0 Å². The van der Waals surface area contributed by atoms with Gasteiger partial charge in [-0.25, -0.2) is 31.1 Å². The molecular formula is C36H41F23O5. The van der Waals surface area contributed by atoms with Crippen LogP contribution in [0.5, 0.6) is 0 Å². The molecule has 0 heterocycles. The molecule has 8 bridgehead atoms. The molecule has 0 radical (unpaired) electrons. The van der Waals surface area contributed by atoms with E-state index in [-0.39, 0.29) is 7.11 Å². The first kappa shape index (κ1) is 55.8. The zero-order chi connectivity index (χ0) is 50.7. The van der Waals surface area contributed by atoms with Crippen LogP contribution in [0, 0.1) is 35.5 Å². The lowest BCUT2D eigenvalue weighted by Crippen LogP contribution is -2.78. The molecule has 12 atom stereocenters. The van der Waals surface area contributed by atoms with Crippen molar-refractivity contribution in [1.29, 1.82) is 0 Å². The van der Waals surface area contributed by atoms with Crippen molar-refractivity contribution in [2.75, 3.05) is 20.8 Å². The van der Waals surface area contributed by atoms with Crippen LogP contribution in [0.25, 0.3) is 0 Å². The number of carbonyl (C=O) groups excluding carboxylic acids is 2. The van der Waals surface area contributed by atoms with Gasteiger partial charge >= 0.3 is 70.4 Å². The maximum absolute atomic E-state index is 14.0.